The highest BCUT2D eigenvalue weighted by Crippen LogP contribution is 2.08. The number of amides is 1. The SMILES string of the molecule is CCc1cnccc1C(=O)NCC(O)Cc1ccccc1. The monoisotopic (exact) mass is 284 g/mol. The number of nitrogens with one attached hydrogen (secondary N) is 1. The molecule has 1 heterocycles. The van der Waals surface area contributed by atoms with Gasteiger partial charge in [0.15, 0.2) is 0 Å². The lowest BCUT2D eigenvalue weighted by Gasteiger charge is -2.13. The fourth-order valence-electron chi connectivity index (χ4n) is 2.19. The molecular weight excluding hydrogens is 264 g/mol. The lowest BCUT2D eigenvalue weighted by atomic mass is 10.1. The molecule has 2 aromatic rings. The average molecular weight is 284 g/mol. The summed E-state index contributed by atoms with van der Waals surface area (Å²) in [4.78, 5) is 16.2. The summed E-state index contributed by atoms with van der Waals surface area (Å²) < 4.78 is 0. The van der Waals surface area contributed by atoms with E-state index in [0.717, 1.165) is 17.5 Å². The molecule has 0 saturated heterocycles. The van der Waals surface area contributed by atoms with E-state index in [-0.39, 0.29) is 12.5 Å². The van der Waals surface area contributed by atoms with Crippen LogP contribution in [0.25, 0.3) is 0 Å². The molecule has 1 aromatic carbocycles. The first-order valence-electron chi connectivity index (χ1n) is 7.13. The molecular formula is C17H20N2O2. The number of aliphatic hydroxyl groups excluding tert-OH is 1. The van der Waals surface area contributed by atoms with Crippen LogP contribution in [-0.4, -0.2) is 28.6 Å². The van der Waals surface area contributed by atoms with Crippen molar-refractivity contribution in [3.05, 3.63) is 65.5 Å². The van der Waals surface area contributed by atoms with Gasteiger partial charge in [-0.15, -0.1) is 0 Å². The lowest BCUT2D eigenvalue weighted by molar-refractivity contribution is 0.0915. The van der Waals surface area contributed by atoms with Gasteiger partial charge >= 0.3 is 0 Å². The topological polar surface area (TPSA) is 62.2 Å². The number of benzene rings is 1. The van der Waals surface area contributed by atoms with Crippen LogP contribution in [0.4, 0.5) is 0 Å². The Morgan fingerprint density at radius 3 is 2.76 bits per heavy atom. The summed E-state index contributed by atoms with van der Waals surface area (Å²) >= 11 is 0. The highest BCUT2D eigenvalue weighted by Gasteiger charge is 2.12. The summed E-state index contributed by atoms with van der Waals surface area (Å²) in [5.41, 5.74) is 2.59. The van der Waals surface area contributed by atoms with E-state index in [1.807, 2.05) is 37.3 Å². The molecule has 0 aliphatic rings. The standard InChI is InChI=1S/C17H20N2O2/c1-2-14-11-18-9-8-16(14)17(21)19-12-15(20)10-13-6-4-3-5-7-13/h3-9,11,15,20H,2,10,12H2,1H3,(H,19,21). The Hall–Kier alpha value is -2.20. The molecule has 2 rings (SSSR count). The number of pyridine rings is 1. The van der Waals surface area contributed by atoms with Crippen LogP contribution in [0, 0.1) is 0 Å². The minimum absolute atomic E-state index is 0.165. The molecule has 0 saturated carbocycles. The van der Waals surface area contributed by atoms with Crippen LogP contribution in [0.15, 0.2) is 48.8 Å². The Morgan fingerprint density at radius 2 is 2.05 bits per heavy atom. The number of carbonyl (C=O) groups is 1. The van der Waals surface area contributed by atoms with E-state index in [9.17, 15) is 9.90 Å². The minimum Gasteiger partial charge on any atom is -0.391 e. The van der Waals surface area contributed by atoms with Crippen LogP contribution in [0.1, 0.15) is 28.4 Å². The third-order valence-electron chi connectivity index (χ3n) is 3.34. The molecule has 21 heavy (non-hydrogen) atoms. The van der Waals surface area contributed by atoms with Crippen molar-refractivity contribution in [3.63, 3.8) is 0 Å². The van der Waals surface area contributed by atoms with Crippen molar-refractivity contribution in [3.8, 4) is 0 Å². The van der Waals surface area contributed by atoms with Crippen molar-refractivity contribution >= 4 is 5.91 Å². The summed E-state index contributed by atoms with van der Waals surface area (Å²) in [5.74, 6) is -0.165. The van der Waals surface area contributed by atoms with Crippen LogP contribution in [0.2, 0.25) is 0 Å². The molecule has 110 valence electrons. The highest BCUT2D eigenvalue weighted by molar-refractivity contribution is 5.95. The minimum atomic E-state index is -0.594. The van der Waals surface area contributed by atoms with E-state index in [1.165, 1.54) is 0 Å². The van der Waals surface area contributed by atoms with Crippen LogP contribution in [-0.2, 0) is 12.8 Å². The van der Waals surface area contributed by atoms with Gasteiger partial charge in [-0.2, -0.15) is 0 Å². The maximum atomic E-state index is 12.1. The second-order valence-electron chi connectivity index (χ2n) is 4.94. The van der Waals surface area contributed by atoms with E-state index >= 15 is 0 Å². The zero-order valence-electron chi connectivity index (χ0n) is 12.1. The van der Waals surface area contributed by atoms with Gasteiger partial charge in [0.1, 0.15) is 0 Å². The normalized spacial score (nSPS) is 11.9. The Morgan fingerprint density at radius 1 is 1.29 bits per heavy atom. The molecule has 1 amide bonds. The fraction of sp³-hybridized carbons (Fsp3) is 0.294. The third-order valence-corrected chi connectivity index (χ3v) is 3.34. The highest BCUT2D eigenvalue weighted by atomic mass is 16.3. The van der Waals surface area contributed by atoms with Crippen molar-refractivity contribution < 1.29 is 9.90 Å². The van der Waals surface area contributed by atoms with E-state index in [4.69, 9.17) is 0 Å². The molecule has 0 spiro atoms. The molecule has 0 fully saturated rings. The van der Waals surface area contributed by atoms with Gasteiger partial charge in [-0.25, -0.2) is 0 Å². The number of aromatic nitrogens is 1. The number of hydrogen-bond acceptors (Lipinski definition) is 3. The van der Waals surface area contributed by atoms with E-state index in [2.05, 4.69) is 10.3 Å². The maximum Gasteiger partial charge on any atom is 0.251 e. The quantitative estimate of drug-likeness (QED) is 0.852. The molecule has 1 unspecified atom stereocenters. The molecule has 0 aliphatic heterocycles. The number of aliphatic hydroxyl groups is 1. The second kappa shape index (κ2) is 7.55. The van der Waals surface area contributed by atoms with Gasteiger partial charge in [0.05, 0.1) is 6.10 Å². The van der Waals surface area contributed by atoms with Crippen molar-refractivity contribution in [1.29, 1.82) is 0 Å². The van der Waals surface area contributed by atoms with Crippen LogP contribution in [0.5, 0.6) is 0 Å². The third kappa shape index (κ3) is 4.39. The van der Waals surface area contributed by atoms with Crippen LogP contribution in [0.3, 0.4) is 0 Å². The largest absolute Gasteiger partial charge is 0.391 e. The molecule has 4 heteroatoms. The van der Waals surface area contributed by atoms with Crippen molar-refractivity contribution in [2.24, 2.45) is 0 Å². The first kappa shape index (κ1) is 15.2. The molecule has 2 N–H and O–H groups in total. The van der Waals surface area contributed by atoms with Gasteiger partial charge in [0.25, 0.3) is 5.91 Å². The van der Waals surface area contributed by atoms with Gasteiger partial charge in [-0.1, -0.05) is 37.3 Å². The molecule has 0 aliphatic carbocycles. The summed E-state index contributed by atoms with van der Waals surface area (Å²) in [6, 6.07) is 11.4. The zero-order chi connectivity index (χ0) is 15.1. The predicted molar refractivity (Wildman–Crippen MR) is 82.1 cm³/mol. The average Bonchev–Trinajstić information content (AvgIpc) is 2.53. The van der Waals surface area contributed by atoms with Crippen molar-refractivity contribution in [1.82, 2.24) is 10.3 Å². The predicted octanol–water partition coefficient (Wildman–Crippen LogP) is 1.98. The lowest BCUT2D eigenvalue weighted by Crippen LogP contribution is -2.33. The van der Waals surface area contributed by atoms with E-state index < -0.39 is 6.10 Å². The number of aryl methyl sites for hydroxylation is 1. The smallest absolute Gasteiger partial charge is 0.251 e. The van der Waals surface area contributed by atoms with Gasteiger partial charge in [0, 0.05) is 30.9 Å². The summed E-state index contributed by atoms with van der Waals surface area (Å²) in [6.07, 6.45) is 3.99. The van der Waals surface area contributed by atoms with Gasteiger partial charge < -0.3 is 10.4 Å². The Kier molecular flexibility index (Phi) is 5.46. The molecule has 1 aromatic heterocycles. The molecule has 0 bridgehead atoms. The Balaban J connectivity index is 1.89. The van der Waals surface area contributed by atoms with Crippen molar-refractivity contribution in [2.75, 3.05) is 6.54 Å². The number of hydrogen-bond donors (Lipinski definition) is 2. The summed E-state index contributed by atoms with van der Waals surface area (Å²) in [6.45, 7) is 2.22. The van der Waals surface area contributed by atoms with Gasteiger partial charge in [0.2, 0.25) is 0 Å². The fourth-order valence-corrected chi connectivity index (χ4v) is 2.19. The second-order valence-corrected chi connectivity index (χ2v) is 4.94. The molecule has 0 radical (unpaired) electrons. The maximum absolute atomic E-state index is 12.1. The van der Waals surface area contributed by atoms with Gasteiger partial charge in [-0.3, -0.25) is 9.78 Å². The number of nitrogens with zero attached hydrogens (tertiary/aromatic N) is 1. The summed E-state index contributed by atoms with van der Waals surface area (Å²) in [5, 5.41) is 12.8. The summed E-state index contributed by atoms with van der Waals surface area (Å²) in [7, 11) is 0. The Bertz CT molecular complexity index is 584. The van der Waals surface area contributed by atoms with Crippen LogP contribution >= 0.6 is 0 Å². The zero-order valence-corrected chi connectivity index (χ0v) is 12.1. The van der Waals surface area contributed by atoms with E-state index in [1.54, 1.807) is 18.5 Å². The Labute approximate surface area is 124 Å². The molecule has 4 nitrogen and oxygen atoms in total. The molecule has 1 atom stereocenters. The number of carbonyl (C=O) groups excluding carboxylic acids is 1. The van der Waals surface area contributed by atoms with Gasteiger partial charge in [-0.05, 0) is 23.6 Å². The van der Waals surface area contributed by atoms with Crippen LogP contribution < -0.4 is 5.32 Å². The first-order valence-corrected chi connectivity index (χ1v) is 7.13. The van der Waals surface area contributed by atoms with Crippen molar-refractivity contribution in [2.45, 2.75) is 25.9 Å². The number of rotatable bonds is 6. The van der Waals surface area contributed by atoms with E-state index in [0.29, 0.717) is 12.0 Å². The first-order chi connectivity index (χ1) is 10.2.